The van der Waals surface area contributed by atoms with Crippen molar-refractivity contribution in [3.05, 3.63) is 0 Å². The maximum absolute atomic E-state index is 11.9. The molecule has 0 bridgehead atoms. The van der Waals surface area contributed by atoms with Crippen LogP contribution in [0.3, 0.4) is 0 Å². The molecule has 0 rings (SSSR count). The van der Waals surface area contributed by atoms with Gasteiger partial charge in [0.2, 0.25) is 0 Å². The minimum atomic E-state index is -0.0244. The van der Waals surface area contributed by atoms with Crippen molar-refractivity contribution in [2.75, 3.05) is 13.2 Å². The van der Waals surface area contributed by atoms with Gasteiger partial charge in [-0.05, 0) is 56.3 Å². The van der Waals surface area contributed by atoms with Crippen LogP contribution in [0.2, 0.25) is 0 Å². The van der Waals surface area contributed by atoms with Crippen molar-refractivity contribution in [3.63, 3.8) is 0 Å². The molecule has 0 aromatic carbocycles. The Morgan fingerprint density at radius 1 is 0.545 bits per heavy atom. The van der Waals surface area contributed by atoms with E-state index in [-0.39, 0.29) is 11.9 Å². The van der Waals surface area contributed by atoms with Crippen LogP contribution >= 0.6 is 0 Å². The Labute approximate surface area is 206 Å². The standard InChI is InChI=1S/C29H56O4/c1-6-27(21-22-29(31)33-24-16-18-26(4)5)19-13-11-9-7-8-10-12-14-20-28(30)32-23-15-17-25(2)3/h25-27H,6-24H2,1-5H3. The lowest BCUT2D eigenvalue weighted by Crippen LogP contribution is -2.09. The van der Waals surface area contributed by atoms with Gasteiger partial charge in [-0.3, -0.25) is 9.59 Å². The van der Waals surface area contributed by atoms with Gasteiger partial charge in [-0.15, -0.1) is 0 Å². The normalized spacial score (nSPS) is 12.3. The molecular weight excluding hydrogens is 412 g/mol. The van der Waals surface area contributed by atoms with Gasteiger partial charge in [0.1, 0.15) is 0 Å². The first kappa shape index (κ1) is 31.9. The Morgan fingerprint density at radius 3 is 1.48 bits per heavy atom. The van der Waals surface area contributed by atoms with Crippen LogP contribution in [0.15, 0.2) is 0 Å². The molecule has 0 N–H and O–H groups in total. The number of carbonyl (C=O) groups is 2. The fourth-order valence-corrected chi connectivity index (χ4v) is 4.14. The van der Waals surface area contributed by atoms with Gasteiger partial charge in [0.15, 0.2) is 0 Å². The van der Waals surface area contributed by atoms with E-state index < -0.39 is 0 Å². The van der Waals surface area contributed by atoms with Crippen molar-refractivity contribution in [1.29, 1.82) is 0 Å². The Bertz CT molecular complexity index is 459. The highest BCUT2D eigenvalue weighted by atomic mass is 16.5. The molecule has 0 radical (unpaired) electrons. The van der Waals surface area contributed by atoms with Crippen LogP contribution in [0.25, 0.3) is 0 Å². The van der Waals surface area contributed by atoms with Gasteiger partial charge in [-0.2, -0.15) is 0 Å². The van der Waals surface area contributed by atoms with E-state index in [0.717, 1.165) is 51.4 Å². The van der Waals surface area contributed by atoms with Gasteiger partial charge >= 0.3 is 11.9 Å². The Morgan fingerprint density at radius 2 is 1.00 bits per heavy atom. The predicted octanol–water partition coefficient (Wildman–Crippen LogP) is 8.65. The fourth-order valence-electron chi connectivity index (χ4n) is 4.14. The lowest BCUT2D eigenvalue weighted by Gasteiger charge is -2.14. The van der Waals surface area contributed by atoms with Gasteiger partial charge in [-0.1, -0.05) is 92.4 Å². The minimum absolute atomic E-state index is 0.0170. The Kier molecular flexibility index (Phi) is 22.0. The van der Waals surface area contributed by atoms with Crippen LogP contribution < -0.4 is 0 Å². The molecular formula is C29H56O4. The third-order valence-corrected chi connectivity index (χ3v) is 6.46. The topological polar surface area (TPSA) is 52.6 Å². The molecule has 0 heterocycles. The molecule has 1 unspecified atom stereocenters. The summed E-state index contributed by atoms with van der Waals surface area (Å²) in [4.78, 5) is 23.6. The SMILES string of the molecule is CCC(CCCCCCCCCCC(=O)OCCCC(C)C)CCC(=O)OCCCC(C)C. The Hall–Kier alpha value is -1.06. The maximum Gasteiger partial charge on any atom is 0.305 e. The summed E-state index contributed by atoms with van der Waals surface area (Å²) in [7, 11) is 0. The highest BCUT2D eigenvalue weighted by Gasteiger charge is 2.10. The fraction of sp³-hybridized carbons (Fsp3) is 0.931. The summed E-state index contributed by atoms with van der Waals surface area (Å²) in [6.45, 7) is 12.2. The molecule has 0 aliphatic heterocycles. The molecule has 0 spiro atoms. The van der Waals surface area contributed by atoms with E-state index in [1.54, 1.807) is 0 Å². The molecule has 4 heteroatoms. The summed E-state index contributed by atoms with van der Waals surface area (Å²) >= 11 is 0. The quantitative estimate of drug-likeness (QED) is 0.111. The zero-order valence-corrected chi connectivity index (χ0v) is 22.8. The van der Waals surface area contributed by atoms with E-state index >= 15 is 0 Å². The lowest BCUT2D eigenvalue weighted by molar-refractivity contribution is -0.145. The smallest absolute Gasteiger partial charge is 0.305 e. The van der Waals surface area contributed by atoms with Gasteiger partial charge in [0, 0.05) is 12.8 Å². The van der Waals surface area contributed by atoms with Crippen molar-refractivity contribution in [2.24, 2.45) is 17.8 Å². The second kappa shape index (κ2) is 22.7. The first-order chi connectivity index (χ1) is 15.8. The van der Waals surface area contributed by atoms with Gasteiger partial charge in [0.25, 0.3) is 0 Å². The summed E-state index contributed by atoms with van der Waals surface area (Å²) < 4.78 is 10.7. The third-order valence-electron chi connectivity index (χ3n) is 6.46. The first-order valence-electron chi connectivity index (χ1n) is 14.2. The molecule has 33 heavy (non-hydrogen) atoms. The second-order valence-electron chi connectivity index (χ2n) is 10.7. The zero-order valence-electron chi connectivity index (χ0n) is 22.8. The molecule has 0 saturated heterocycles. The summed E-state index contributed by atoms with van der Waals surface area (Å²) in [5, 5.41) is 0. The van der Waals surface area contributed by atoms with Crippen molar-refractivity contribution >= 4 is 11.9 Å². The molecule has 0 aromatic heterocycles. The molecule has 4 nitrogen and oxygen atoms in total. The molecule has 0 saturated carbocycles. The number of esters is 2. The molecule has 0 aliphatic carbocycles. The zero-order chi connectivity index (χ0) is 24.7. The number of hydrogen-bond acceptors (Lipinski definition) is 4. The molecule has 1 atom stereocenters. The van der Waals surface area contributed by atoms with E-state index in [1.807, 2.05) is 0 Å². The molecule has 0 aromatic rings. The Balaban J connectivity index is 3.49. The van der Waals surface area contributed by atoms with Crippen molar-refractivity contribution in [1.82, 2.24) is 0 Å². The van der Waals surface area contributed by atoms with E-state index in [1.165, 1.54) is 44.9 Å². The van der Waals surface area contributed by atoms with E-state index in [0.29, 0.717) is 43.8 Å². The monoisotopic (exact) mass is 468 g/mol. The second-order valence-corrected chi connectivity index (χ2v) is 10.7. The van der Waals surface area contributed by atoms with Gasteiger partial charge < -0.3 is 9.47 Å². The average molecular weight is 469 g/mol. The lowest BCUT2D eigenvalue weighted by atomic mass is 9.93. The van der Waals surface area contributed by atoms with Crippen LogP contribution in [-0.4, -0.2) is 25.2 Å². The summed E-state index contributed by atoms with van der Waals surface area (Å²) in [5.41, 5.74) is 0. The van der Waals surface area contributed by atoms with Crippen LogP contribution in [0.1, 0.15) is 144 Å². The predicted molar refractivity (Wildman–Crippen MR) is 139 cm³/mol. The number of rotatable bonds is 23. The number of carbonyl (C=O) groups excluding carboxylic acids is 2. The third kappa shape index (κ3) is 23.9. The molecule has 0 aliphatic rings. The van der Waals surface area contributed by atoms with Crippen molar-refractivity contribution < 1.29 is 19.1 Å². The molecule has 0 amide bonds. The number of unbranched alkanes of at least 4 members (excludes halogenated alkanes) is 7. The number of ether oxygens (including phenoxy) is 2. The first-order valence-corrected chi connectivity index (χ1v) is 14.2. The van der Waals surface area contributed by atoms with Crippen LogP contribution in [0, 0.1) is 17.8 Å². The summed E-state index contributed by atoms with van der Waals surface area (Å²) in [5.74, 6) is 1.96. The van der Waals surface area contributed by atoms with Gasteiger partial charge in [-0.25, -0.2) is 0 Å². The van der Waals surface area contributed by atoms with E-state index in [9.17, 15) is 9.59 Å². The van der Waals surface area contributed by atoms with Crippen LogP contribution in [0.5, 0.6) is 0 Å². The average Bonchev–Trinajstić information content (AvgIpc) is 2.77. The van der Waals surface area contributed by atoms with Gasteiger partial charge in [0.05, 0.1) is 13.2 Å². The molecule has 0 fully saturated rings. The highest BCUT2D eigenvalue weighted by Crippen LogP contribution is 2.20. The van der Waals surface area contributed by atoms with Crippen LogP contribution in [0.4, 0.5) is 0 Å². The van der Waals surface area contributed by atoms with E-state index in [4.69, 9.17) is 9.47 Å². The number of hydrogen-bond donors (Lipinski definition) is 0. The van der Waals surface area contributed by atoms with Crippen molar-refractivity contribution in [2.45, 2.75) is 144 Å². The van der Waals surface area contributed by atoms with E-state index in [2.05, 4.69) is 34.6 Å². The minimum Gasteiger partial charge on any atom is -0.466 e. The summed E-state index contributed by atoms with van der Waals surface area (Å²) in [6, 6.07) is 0. The van der Waals surface area contributed by atoms with Crippen LogP contribution in [-0.2, 0) is 19.1 Å². The largest absolute Gasteiger partial charge is 0.466 e. The highest BCUT2D eigenvalue weighted by molar-refractivity contribution is 5.69. The maximum atomic E-state index is 11.9. The summed E-state index contributed by atoms with van der Waals surface area (Å²) in [6.07, 6.45) is 18.4. The van der Waals surface area contributed by atoms with Crippen molar-refractivity contribution in [3.8, 4) is 0 Å². The molecule has 196 valence electrons.